The number of aryl methyl sites for hydroxylation is 1. The highest BCUT2D eigenvalue weighted by Gasteiger charge is 2.30. The maximum Gasteiger partial charge on any atom is 0.257 e. The molecule has 0 unspecified atom stereocenters. The summed E-state index contributed by atoms with van der Waals surface area (Å²) in [7, 11) is 0. The molecule has 2 aliphatic heterocycles. The van der Waals surface area contributed by atoms with Gasteiger partial charge in [0.25, 0.3) is 5.91 Å². The van der Waals surface area contributed by atoms with E-state index >= 15 is 0 Å². The van der Waals surface area contributed by atoms with Crippen LogP contribution in [0.5, 0.6) is 0 Å². The summed E-state index contributed by atoms with van der Waals surface area (Å²) >= 11 is 0. The first-order valence-electron chi connectivity index (χ1n) is 10.5. The number of likely N-dealkylation sites (tertiary alicyclic amines) is 2. The lowest BCUT2D eigenvalue weighted by Crippen LogP contribution is -2.38. The summed E-state index contributed by atoms with van der Waals surface area (Å²) in [5, 5.41) is 7.16. The highest BCUT2D eigenvalue weighted by Crippen LogP contribution is 2.30. The van der Waals surface area contributed by atoms with Crippen LogP contribution in [-0.4, -0.2) is 58.0 Å². The average molecular weight is 398 g/mol. The number of aromatic amines is 1. The first-order chi connectivity index (χ1) is 14.1. The zero-order valence-corrected chi connectivity index (χ0v) is 16.6. The van der Waals surface area contributed by atoms with Crippen LogP contribution in [0.15, 0.2) is 30.5 Å². The van der Waals surface area contributed by atoms with Gasteiger partial charge in [-0.3, -0.25) is 14.7 Å². The molecule has 7 heteroatoms. The van der Waals surface area contributed by atoms with Crippen LogP contribution >= 0.6 is 0 Å². The summed E-state index contributed by atoms with van der Waals surface area (Å²) in [6.45, 7) is 2.94. The topological polar surface area (TPSA) is 69.3 Å². The molecule has 2 saturated heterocycles. The molecule has 0 radical (unpaired) electrons. The second kappa shape index (κ2) is 8.76. The van der Waals surface area contributed by atoms with Gasteiger partial charge in [0.15, 0.2) is 0 Å². The predicted molar refractivity (Wildman–Crippen MR) is 107 cm³/mol. The minimum atomic E-state index is -0.256. The van der Waals surface area contributed by atoms with Gasteiger partial charge in [-0.05, 0) is 43.7 Å². The van der Waals surface area contributed by atoms with Gasteiger partial charge in [-0.15, -0.1) is 0 Å². The predicted octanol–water partition coefficient (Wildman–Crippen LogP) is 3.12. The summed E-state index contributed by atoms with van der Waals surface area (Å²) in [5.41, 5.74) is 2.16. The highest BCUT2D eigenvalue weighted by atomic mass is 19.1. The molecular formula is C22H27FN4O2. The van der Waals surface area contributed by atoms with E-state index in [2.05, 4.69) is 10.2 Å². The lowest BCUT2D eigenvalue weighted by Gasteiger charge is -2.32. The molecule has 1 N–H and O–H groups in total. The number of nitrogens with one attached hydrogen (secondary N) is 1. The van der Waals surface area contributed by atoms with Crippen molar-refractivity contribution in [1.29, 1.82) is 0 Å². The summed E-state index contributed by atoms with van der Waals surface area (Å²) in [6, 6.07) is 6.60. The lowest BCUT2D eigenvalue weighted by molar-refractivity contribution is -0.132. The molecule has 0 atom stereocenters. The summed E-state index contributed by atoms with van der Waals surface area (Å²) in [4.78, 5) is 29.1. The molecule has 29 heavy (non-hydrogen) atoms. The zero-order valence-electron chi connectivity index (χ0n) is 16.6. The third kappa shape index (κ3) is 4.33. The second-order valence-corrected chi connectivity index (χ2v) is 7.94. The fourth-order valence-electron chi connectivity index (χ4n) is 4.39. The van der Waals surface area contributed by atoms with Crippen LogP contribution < -0.4 is 0 Å². The van der Waals surface area contributed by atoms with Crippen LogP contribution in [-0.2, 0) is 11.2 Å². The molecule has 3 heterocycles. The molecule has 4 rings (SSSR count). The Kier molecular flexibility index (Phi) is 5.92. The average Bonchev–Trinajstić information content (AvgIpc) is 3.45. The molecule has 0 saturated carbocycles. The number of H-pyrrole nitrogens is 1. The molecule has 6 nitrogen and oxygen atoms in total. The quantitative estimate of drug-likeness (QED) is 0.841. The number of hydrogen-bond acceptors (Lipinski definition) is 3. The number of amides is 2. The Morgan fingerprint density at radius 3 is 2.52 bits per heavy atom. The SMILES string of the molecule is O=C(CCc1ccccc1F)N1CCC(c2[nH]ncc2C(=O)N2CCCC2)CC1. The molecule has 0 spiro atoms. The van der Waals surface area contributed by atoms with Gasteiger partial charge in [-0.2, -0.15) is 5.10 Å². The number of nitrogens with zero attached hydrogens (tertiary/aromatic N) is 3. The summed E-state index contributed by atoms with van der Waals surface area (Å²) in [5.74, 6) is 0.0717. The fourth-order valence-corrected chi connectivity index (χ4v) is 4.39. The van der Waals surface area contributed by atoms with E-state index in [-0.39, 0.29) is 23.5 Å². The van der Waals surface area contributed by atoms with Gasteiger partial charge in [-0.25, -0.2) is 4.39 Å². The molecular weight excluding hydrogens is 371 g/mol. The third-order valence-electron chi connectivity index (χ3n) is 6.11. The molecule has 2 aromatic rings. The van der Waals surface area contributed by atoms with Crippen molar-refractivity contribution < 1.29 is 14.0 Å². The van der Waals surface area contributed by atoms with Crippen molar-refractivity contribution in [3.8, 4) is 0 Å². The Labute approximate surface area is 170 Å². The first-order valence-corrected chi connectivity index (χ1v) is 10.5. The minimum Gasteiger partial charge on any atom is -0.343 e. The molecule has 0 aliphatic carbocycles. The molecule has 2 aliphatic rings. The van der Waals surface area contributed by atoms with Crippen LogP contribution in [0.3, 0.4) is 0 Å². The van der Waals surface area contributed by atoms with Gasteiger partial charge in [-0.1, -0.05) is 18.2 Å². The maximum atomic E-state index is 13.7. The van der Waals surface area contributed by atoms with Crippen LogP contribution in [0, 0.1) is 5.82 Å². The van der Waals surface area contributed by atoms with Crippen LogP contribution in [0.2, 0.25) is 0 Å². The van der Waals surface area contributed by atoms with E-state index in [1.165, 1.54) is 6.07 Å². The maximum absolute atomic E-state index is 13.7. The zero-order chi connectivity index (χ0) is 20.2. The van der Waals surface area contributed by atoms with Crippen molar-refractivity contribution in [2.45, 2.75) is 44.4 Å². The molecule has 2 fully saturated rings. The van der Waals surface area contributed by atoms with E-state index in [0.29, 0.717) is 37.1 Å². The lowest BCUT2D eigenvalue weighted by atomic mass is 9.91. The Balaban J connectivity index is 1.32. The Morgan fingerprint density at radius 1 is 1.07 bits per heavy atom. The Bertz CT molecular complexity index is 867. The van der Waals surface area contributed by atoms with Gasteiger partial charge in [0, 0.05) is 38.5 Å². The van der Waals surface area contributed by atoms with Crippen molar-refractivity contribution in [3.05, 3.63) is 53.1 Å². The number of carbonyl (C=O) groups is 2. The minimum absolute atomic E-state index is 0.0599. The van der Waals surface area contributed by atoms with Crippen molar-refractivity contribution in [1.82, 2.24) is 20.0 Å². The Hall–Kier alpha value is -2.70. The van der Waals surface area contributed by atoms with E-state index in [1.54, 1.807) is 24.4 Å². The van der Waals surface area contributed by atoms with Crippen molar-refractivity contribution in [3.63, 3.8) is 0 Å². The molecule has 0 bridgehead atoms. The van der Waals surface area contributed by atoms with Crippen molar-refractivity contribution in [2.24, 2.45) is 0 Å². The largest absolute Gasteiger partial charge is 0.343 e. The first kappa shape index (κ1) is 19.6. The molecule has 1 aromatic carbocycles. The monoisotopic (exact) mass is 398 g/mol. The van der Waals surface area contributed by atoms with Crippen LogP contribution in [0.4, 0.5) is 4.39 Å². The van der Waals surface area contributed by atoms with E-state index < -0.39 is 0 Å². The smallest absolute Gasteiger partial charge is 0.257 e. The van der Waals surface area contributed by atoms with Gasteiger partial charge in [0.2, 0.25) is 5.91 Å². The molecule has 2 amide bonds. The summed E-state index contributed by atoms with van der Waals surface area (Å²) in [6.07, 6.45) is 6.09. The number of piperidine rings is 1. The van der Waals surface area contributed by atoms with Crippen molar-refractivity contribution in [2.75, 3.05) is 26.2 Å². The van der Waals surface area contributed by atoms with Gasteiger partial charge in [0.05, 0.1) is 17.5 Å². The normalized spacial score (nSPS) is 17.7. The number of rotatable bonds is 5. The van der Waals surface area contributed by atoms with Gasteiger partial charge in [0.1, 0.15) is 5.82 Å². The molecule has 1 aromatic heterocycles. The van der Waals surface area contributed by atoms with E-state index in [1.807, 2.05) is 9.80 Å². The number of carbonyl (C=O) groups excluding carboxylic acids is 2. The van der Waals surface area contributed by atoms with Gasteiger partial charge < -0.3 is 9.80 Å². The van der Waals surface area contributed by atoms with Crippen LogP contribution in [0.1, 0.15) is 59.6 Å². The van der Waals surface area contributed by atoms with E-state index in [9.17, 15) is 14.0 Å². The van der Waals surface area contributed by atoms with E-state index in [4.69, 9.17) is 0 Å². The second-order valence-electron chi connectivity index (χ2n) is 7.94. The van der Waals surface area contributed by atoms with E-state index in [0.717, 1.165) is 44.5 Å². The number of hydrogen-bond donors (Lipinski definition) is 1. The number of aromatic nitrogens is 2. The summed E-state index contributed by atoms with van der Waals surface area (Å²) < 4.78 is 13.7. The standard InChI is InChI=1S/C22H27FN4O2/c23-19-6-2-1-5-16(19)7-8-20(28)26-13-9-17(10-14-26)21-18(15-24-25-21)22(29)27-11-3-4-12-27/h1-2,5-6,15,17H,3-4,7-14H2,(H,24,25). The van der Waals surface area contributed by atoms with Crippen LogP contribution in [0.25, 0.3) is 0 Å². The molecule has 154 valence electrons. The number of halogens is 1. The third-order valence-corrected chi connectivity index (χ3v) is 6.11. The highest BCUT2D eigenvalue weighted by molar-refractivity contribution is 5.95. The Morgan fingerprint density at radius 2 is 1.79 bits per heavy atom. The van der Waals surface area contributed by atoms with Gasteiger partial charge >= 0.3 is 0 Å². The number of benzene rings is 1. The fraction of sp³-hybridized carbons (Fsp3) is 0.500. The van der Waals surface area contributed by atoms with Crippen molar-refractivity contribution >= 4 is 11.8 Å².